The first-order chi connectivity index (χ1) is 13.2. The molecule has 2 aromatic carbocycles. The fourth-order valence-corrected chi connectivity index (χ4v) is 4.08. The fraction of sp³-hybridized carbons (Fsp3) is 0.150. The number of rotatable bonds is 7. The van der Waals surface area contributed by atoms with Gasteiger partial charge in [-0.1, -0.05) is 47.8 Å². The van der Waals surface area contributed by atoms with Gasteiger partial charge in [0.2, 0.25) is 5.91 Å². The number of amides is 1. The molecular weight excluding hydrogens is 378 g/mol. The molecule has 5 nitrogen and oxygen atoms in total. The second-order valence-corrected chi connectivity index (χ2v) is 7.60. The summed E-state index contributed by atoms with van der Waals surface area (Å²) in [5.41, 5.74) is 1.88. The third kappa shape index (κ3) is 5.48. The quantitative estimate of drug-likeness (QED) is 0.584. The third-order valence-electron chi connectivity index (χ3n) is 3.63. The predicted molar refractivity (Wildman–Crippen MR) is 110 cm³/mol. The summed E-state index contributed by atoms with van der Waals surface area (Å²) >= 11 is 2.93. The third-order valence-corrected chi connectivity index (χ3v) is 5.90. The Hall–Kier alpha value is -2.51. The molecule has 0 aliphatic heterocycles. The van der Waals surface area contributed by atoms with Crippen LogP contribution >= 0.6 is 23.5 Å². The molecule has 1 amide bonds. The molecule has 0 radical (unpaired) electrons. The number of hydrogen-bond acceptors (Lipinski definition) is 6. The molecule has 0 saturated heterocycles. The standard InChI is InChI=1S/C20H19N3O2S2/c1-14-6-3-4-9-17(14)27-20-19(21-10-11-22-20)26-13-18(24)23-15-7-5-8-16(12-15)25-2/h3-12H,13H2,1-2H3,(H,23,24). The van der Waals surface area contributed by atoms with E-state index in [0.717, 1.165) is 14.9 Å². The Labute approximate surface area is 167 Å². The van der Waals surface area contributed by atoms with Crippen molar-refractivity contribution in [2.75, 3.05) is 18.2 Å². The van der Waals surface area contributed by atoms with Gasteiger partial charge in [0.1, 0.15) is 15.8 Å². The second-order valence-electron chi connectivity index (χ2n) is 5.60. The largest absolute Gasteiger partial charge is 0.497 e. The molecular formula is C20H19N3O2S2. The Bertz CT molecular complexity index is 934. The van der Waals surface area contributed by atoms with E-state index in [1.807, 2.05) is 30.3 Å². The Morgan fingerprint density at radius 3 is 2.63 bits per heavy atom. The van der Waals surface area contributed by atoms with Crippen molar-refractivity contribution in [3.63, 3.8) is 0 Å². The number of nitrogens with one attached hydrogen (secondary N) is 1. The summed E-state index contributed by atoms with van der Waals surface area (Å²) in [6.07, 6.45) is 3.31. The smallest absolute Gasteiger partial charge is 0.234 e. The molecule has 0 spiro atoms. The van der Waals surface area contributed by atoms with Gasteiger partial charge in [-0.25, -0.2) is 9.97 Å². The average molecular weight is 398 g/mol. The normalized spacial score (nSPS) is 10.4. The van der Waals surface area contributed by atoms with Crippen LogP contribution in [-0.2, 0) is 4.79 Å². The summed E-state index contributed by atoms with van der Waals surface area (Å²) < 4.78 is 5.17. The van der Waals surface area contributed by atoms with Crippen molar-refractivity contribution in [2.45, 2.75) is 21.9 Å². The van der Waals surface area contributed by atoms with E-state index in [0.29, 0.717) is 11.4 Å². The van der Waals surface area contributed by atoms with Crippen molar-refractivity contribution in [1.82, 2.24) is 9.97 Å². The van der Waals surface area contributed by atoms with Crippen LogP contribution in [0, 0.1) is 6.92 Å². The molecule has 0 aliphatic carbocycles. The monoisotopic (exact) mass is 397 g/mol. The molecule has 1 aromatic heterocycles. The predicted octanol–water partition coefficient (Wildman–Crippen LogP) is 4.68. The van der Waals surface area contributed by atoms with Crippen LogP contribution in [0.2, 0.25) is 0 Å². The summed E-state index contributed by atoms with van der Waals surface area (Å²) in [6, 6.07) is 15.4. The number of methoxy groups -OCH3 is 1. The Morgan fingerprint density at radius 1 is 1.07 bits per heavy atom. The number of thioether (sulfide) groups is 1. The minimum absolute atomic E-state index is 0.106. The van der Waals surface area contributed by atoms with E-state index in [4.69, 9.17) is 4.74 Å². The molecule has 0 fully saturated rings. The Balaban J connectivity index is 1.64. The maximum absolute atomic E-state index is 12.3. The van der Waals surface area contributed by atoms with Gasteiger partial charge in [0.15, 0.2) is 0 Å². The Kier molecular flexibility index (Phi) is 6.73. The number of aryl methyl sites for hydroxylation is 1. The molecule has 0 bridgehead atoms. The zero-order chi connectivity index (χ0) is 19.1. The molecule has 0 atom stereocenters. The summed E-state index contributed by atoms with van der Waals surface area (Å²) in [5.74, 6) is 0.842. The average Bonchev–Trinajstić information content (AvgIpc) is 2.69. The van der Waals surface area contributed by atoms with Gasteiger partial charge in [-0.3, -0.25) is 4.79 Å². The van der Waals surface area contributed by atoms with Crippen LogP contribution in [0.15, 0.2) is 75.9 Å². The number of ether oxygens (including phenoxy) is 1. The highest BCUT2D eigenvalue weighted by Gasteiger charge is 2.12. The van der Waals surface area contributed by atoms with E-state index in [1.54, 1.807) is 37.3 Å². The number of carbonyl (C=O) groups is 1. The lowest BCUT2D eigenvalue weighted by molar-refractivity contribution is -0.113. The van der Waals surface area contributed by atoms with Gasteiger partial charge < -0.3 is 10.1 Å². The zero-order valence-corrected chi connectivity index (χ0v) is 16.6. The van der Waals surface area contributed by atoms with Crippen molar-refractivity contribution in [1.29, 1.82) is 0 Å². The molecule has 7 heteroatoms. The van der Waals surface area contributed by atoms with Crippen molar-refractivity contribution in [3.8, 4) is 5.75 Å². The molecule has 0 saturated carbocycles. The highest BCUT2D eigenvalue weighted by molar-refractivity contribution is 8.02. The lowest BCUT2D eigenvalue weighted by atomic mass is 10.2. The summed E-state index contributed by atoms with van der Waals surface area (Å²) in [7, 11) is 1.60. The number of hydrogen-bond donors (Lipinski definition) is 1. The lowest BCUT2D eigenvalue weighted by Crippen LogP contribution is -2.14. The van der Waals surface area contributed by atoms with Crippen LogP contribution in [0.5, 0.6) is 5.75 Å². The fourth-order valence-electron chi connectivity index (χ4n) is 2.29. The van der Waals surface area contributed by atoms with Gasteiger partial charge in [-0.05, 0) is 30.7 Å². The van der Waals surface area contributed by atoms with Crippen LogP contribution < -0.4 is 10.1 Å². The summed E-state index contributed by atoms with van der Waals surface area (Å²) in [6.45, 7) is 2.06. The van der Waals surface area contributed by atoms with Crippen molar-refractivity contribution in [2.24, 2.45) is 0 Å². The van der Waals surface area contributed by atoms with Crippen LogP contribution in [-0.4, -0.2) is 28.7 Å². The van der Waals surface area contributed by atoms with E-state index in [2.05, 4.69) is 34.3 Å². The lowest BCUT2D eigenvalue weighted by Gasteiger charge is -2.09. The zero-order valence-electron chi connectivity index (χ0n) is 15.0. The summed E-state index contributed by atoms with van der Waals surface area (Å²) in [5, 5.41) is 4.41. The molecule has 27 heavy (non-hydrogen) atoms. The molecule has 0 unspecified atom stereocenters. The van der Waals surface area contributed by atoms with Gasteiger partial charge in [0.05, 0.1) is 12.9 Å². The minimum Gasteiger partial charge on any atom is -0.497 e. The second kappa shape index (κ2) is 9.43. The van der Waals surface area contributed by atoms with E-state index in [1.165, 1.54) is 17.3 Å². The van der Waals surface area contributed by atoms with Crippen molar-refractivity contribution >= 4 is 35.1 Å². The van der Waals surface area contributed by atoms with Crippen LogP contribution in [0.25, 0.3) is 0 Å². The van der Waals surface area contributed by atoms with Crippen LogP contribution in [0.4, 0.5) is 5.69 Å². The molecule has 3 aromatic rings. The molecule has 0 aliphatic rings. The van der Waals surface area contributed by atoms with E-state index < -0.39 is 0 Å². The van der Waals surface area contributed by atoms with Crippen molar-refractivity contribution in [3.05, 3.63) is 66.5 Å². The van der Waals surface area contributed by atoms with Gasteiger partial charge >= 0.3 is 0 Å². The molecule has 3 rings (SSSR count). The van der Waals surface area contributed by atoms with Gasteiger partial charge in [-0.15, -0.1) is 0 Å². The number of nitrogens with zero attached hydrogens (tertiary/aromatic N) is 2. The molecule has 138 valence electrons. The first kappa shape index (κ1) is 19.3. The number of anilines is 1. The maximum Gasteiger partial charge on any atom is 0.234 e. The number of benzene rings is 2. The van der Waals surface area contributed by atoms with Gasteiger partial charge in [0.25, 0.3) is 0 Å². The Morgan fingerprint density at radius 2 is 1.85 bits per heavy atom. The highest BCUT2D eigenvalue weighted by atomic mass is 32.2. The molecule has 1 N–H and O–H groups in total. The van der Waals surface area contributed by atoms with Gasteiger partial charge in [0, 0.05) is 29.0 Å². The van der Waals surface area contributed by atoms with E-state index >= 15 is 0 Å². The van der Waals surface area contributed by atoms with Crippen LogP contribution in [0.1, 0.15) is 5.56 Å². The van der Waals surface area contributed by atoms with E-state index in [-0.39, 0.29) is 11.7 Å². The molecule has 1 heterocycles. The minimum atomic E-state index is -0.106. The summed E-state index contributed by atoms with van der Waals surface area (Å²) in [4.78, 5) is 22.2. The van der Waals surface area contributed by atoms with Crippen molar-refractivity contribution < 1.29 is 9.53 Å². The topological polar surface area (TPSA) is 64.1 Å². The van der Waals surface area contributed by atoms with E-state index in [9.17, 15) is 4.79 Å². The van der Waals surface area contributed by atoms with Crippen LogP contribution in [0.3, 0.4) is 0 Å². The number of carbonyl (C=O) groups excluding carboxylic acids is 1. The SMILES string of the molecule is COc1cccc(NC(=O)CSc2nccnc2Sc2ccccc2C)c1. The highest BCUT2D eigenvalue weighted by Crippen LogP contribution is 2.34. The number of aromatic nitrogens is 2. The first-order valence-corrected chi connectivity index (χ1v) is 10.1. The first-order valence-electron chi connectivity index (χ1n) is 8.27. The van der Waals surface area contributed by atoms with Gasteiger partial charge in [-0.2, -0.15) is 0 Å². The maximum atomic E-state index is 12.3.